The number of hydrogen-bond donors (Lipinski definition) is 0. The number of carbonyl (C=O) groups is 2. The Bertz CT molecular complexity index is 357. The van der Waals surface area contributed by atoms with Gasteiger partial charge in [-0.1, -0.05) is 12.1 Å². The standard InChI is InChI=1S/C10H10O4/c1-7-4-3-5-9(6-11)10(7)14-13-8(2)12/h3-6H,1-2H3. The van der Waals surface area contributed by atoms with Crippen molar-refractivity contribution in [2.24, 2.45) is 0 Å². The van der Waals surface area contributed by atoms with Gasteiger partial charge in [-0.05, 0) is 18.6 Å². The predicted molar refractivity (Wildman–Crippen MR) is 49.0 cm³/mol. The minimum absolute atomic E-state index is 0.276. The van der Waals surface area contributed by atoms with Gasteiger partial charge in [0.1, 0.15) is 0 Å². The summed E-state index contributed by atoms with van der Waals surface area (Å²) in [5.41, 5.74) is 1.09. The zero-order valence-electron chi connectivity index (χ0n) is 7.94. The number of rotatable bonds is 3. The van der Waals surface area contributed by atoms with Crippen LogP contribution in [0.15, 0.2) is 18.2 Å². The molecular weight excluding hydrogens is 184 g/mol. The van der Waals surface area contributed by atoms with Gasteiger partial charge in [-0.25, -0.2) is 4.79 Å². The zero-order chi connectivity index (χ0) is 10.6. The first-order valence-electron chi connectivity index (χ1n) is 4.05. The lowest BCUT2D eigenvalue weighted by Gasteiger charge is -2.07. The van der Waals surface area contributed by atoms with Crippen LogP contribution in [0.4, 0.5) is 0 Å². The van der Waals surface area contributed by atoms with Gasteiger partial charge in [0.2, 0.25) is 0 Å². The fourth-order valence-corrected chi connectivity index (χ4v) is 0.982. The summed E-state index contributed by atoms with van der Waals surface area (Å²) >= 11 is 0. The minimum atomic E-state index is -0.565. The summed E-state index contributed by atoms with van der Waals surface area (Å²) in [5.74, 6) is -0.289. The molecule has 0 heterocycles. The SMILES string of the molecule is CC(=O)OOc1c(C)cccc1C=O. The fourth-order valence-electron chi connectivity index (χ4n) is 0.982. The third kappa shape index (κ3) is 2.32. The van der Waals surface area contributed by atoms with Gasteiger partial charge in [0.25, 0.3) is 0 Å². The Labute approximate surface area is 81.4 Å². The molecule has 0 aliphatic carbocycles. The Morgan fingerprint density at radius 3 is 2.71 bits per heavy atom. The second-order valence-corrected chi connectivity index (χ2v) is 2.77. The smallest absolute Gasteiger partial charge is 0.298 e. The quantitative estimate of drug-likeness (QED) is 0.417. The average molecular weight is 194 g/mol. The highest BCUT2D eigenvalue weighted by Crippen LogP contribution is 2.21. The number of para-hydroxylation sites is 1. The zero-order valence-corrected chi connectivity index (χ0v) is 7.94. The largest absolute Gasteiger partial charge is 0.352 e. The Kier molecular flexibility index (Phi) is 3.23. The molecule has 0 N–H and O–H groups in total. The average Bonchev–Trinajstić information content (AvgIpc) is 2.15. The molecule has 4 heteroatoms. The van der Waals surface area contributed by atoms with Crippen molar-refractivity contribution in [3.05, 3.63) is 29.3 Å². The Hall–Kier alpha value is -1.84. The summed E-state index contributed by atoms with van der Waals surface area (Å²) in [7, 11) is 0. The van der Waals surface area contributed by atoms with E-state index in [2.05, 4.69) is 4.89 Å². The minimum Gasteiger partial charge on any atom is -0.298 e. The van der Waals surface area contributed by atoms with E-state index in [0.29, 0.717) is 11.8 Å². The van der Waals surface area contributed by atoms with Crippen LogP contribution in [0.1, 0.15) is 22.8 Å². The number of hydrogen-bond acceptors (Lipinski definition) is 4. The third-order valence-electron chi connectivity index (χ3n) is 1.61. The maximum atomic E-state index is 10.6. The molecule has 0 aromatic heterocycles. The van der Waals surface area contributed by atoms with Crippen molar-refractivity contribution in [3.8, 4) is 5.75 Å². The molecule has 0 unspecified atom stereocenters. The molecule has 1 aromatic carbocycles. The fraction of sp³-hybridized carbons (Fsp3) is 0.200. The summed E-state index contributed by atoms with van der Waals surface area (Å²) in [6.07, 6.45) is 0.645. The lowest BCUT2D eigenvalue weighted by atomic mass is 10.1. The molecule has 0 spiro atoms. The van der Waals surface area contributed by atoms with E-state index in [9.17, 15) is 9.59 Å². The van der Waals surface area contributed by atoms with Crippen LogP contribution < -0.4 is 4.89 Å². The molecule has 0 aliphatic rings. The van der Waals surface area contributed by atoms with E-state index in [0.717, 1.165) is 5.56 Å². The molecule has 1 rings (SSSR count). The van der Waals surface area contributed by atoms with E-state index < -0.39 is 5.97 Å². The highest BCUT2D eigenvalue weighted by molar-refractivity contribution is 5.80. The number of carbonyl (C=O) groups excluding carboxylic acids is 2. The third-order valence-corrected chi connectivity index (χ3v) is 1.61. The highest BCUT2D eigenvalue weighted by atomic mass is 17.2. The Morgan fingerprint density at radius 1 is 1.43 bits per heavy atom. The number of aryl methyl sites for hydroxylation is 1. The first-order valence-corrected chi connectivity index (χ1v) is 4.05. The number of aldehydes is 1. The lowest BCUT2D eigenvalue weighted by molar-refractivity contribution is -0.211. The number of benzene rings is 1. The maximum Gasteiger partial charge on any atom is 0.352 e. The normalized spacial score (nSPS) is 9.29. The van der Waals surface area contributed by atoms with E-state index in [1.54, 1.807) is 25.1 Å². The van der Waals surface area contributed by atoms with Gasteiger partial charge < -0.3 is 0 Å². The molecule has 0 saturated carbocycles. The van der Waals surface area contributed by atoms with Crippen molar-refractivity contribution in [1.29, 1.82) is 0 Å². The topological polar surface area (TPSA) is 52.6 Å². The van der Waals surface area contributed by atoms with Crippen LogP contribution in [0.3, 0.4) is 0 Å². The van der Waals surface area contributed by atoms with Crippen molar-refractivity contribution >= 4 is 12.3 Å². The Morgan fingerprint density at radius 2 is 2.14 bits per heavy atom. The van der Waals surface area contributed by atoms with Crippen LogP contribution in [0.2, 0.25) is 0 Å². The predicted octanol–water partition coefficient (Wildman–Crippen LogP) is 1.66. The molecule has 0 bridgehead atoms. The van der Waals surface area contributed by atoms with Gasteiger partial charge in [0, 0.05) is 6.92 Å². The van der Waals surface area contributed by atoms with Crippen LogP contribution >= 0.6 is 0 Å². The molecule has 0 radical (unpaired) electrons. The van der Waals surface area contributed by atoms with Crippen molar-refractivity contribution in [2.45, 2.75) is 13.8 Å². The molecule has 0 atom stereocenters. The van der Waals surface area contributed by atoms with E-state index in [-0.39, 0.29) is 5.75 Å². The molecule has 14 heavy (non-hydrogen) atoms. The van der Waals surface area contributed by atoms with E-state index in [1.807, 2.05) is 0 Å². The van der Waals surface area contributed by atoms with E-state index in [1.165, 1.54) is 6.92 Å². The van der Waals surface area contributed by atoms with Gasteiger partial charge in [-0.2, -0.15) is 0 Å². The van der Waals surface area contributed by atoms with Crippen LogP contribution in [0.25, 0.3) is 0 Å². The maximum absolute atomic E-state index is 10.6. The summed E-state index contributed by atoms with van der Waals surface area (Å²) in [4.78, 5) is 30.2. The first-order chi connectivity index (χ1) is 6.65. The summed E-state index contributed by atoms with van der Waals surface area (Å²) < 4.78 is 0. The van der Waals surface area contributed by atoms with Crippen LogP contribution in [0.5, 0.6) is 5.75 Å². The van der Waals surface area contributed by atoms with Crippen molar-refractivity contribution in [2.75, 3.05) is 0 Å². The molecular formula is C10H10O4. The van der Waals surface area contributed by atoms with Gasteiger partial charge in [0.15, 0.2) is 12.0 Å². The van der Waals surface area contributed by atoms with Crippen molar-refractivity contribution < 1.29 is 19.4 Å². The molecule has 0 saturated heterocycles. The van der Waals surface area contributed by atoms with Crippen molar-refractivity contribution in [3.63, 3.8) is 0 Å². The Balaban J connectivity index is 2.93. The highest BCUT2D eigenvalue weighted by Gasteiger charge is 2.08. The van der Waals surface area contributed by atoms with Crippen molar-refractivity contribution in [1.82, 2.24) is 0 Å². The van der Waals surface area contributed by atoms with E-state index in [4.69, 9.17) is 4.89 Å². The second kappa shape index (κ2) is 4.41. The molecule has 4 nitrogen and oxygen atoms in total. The van der Waals surface area contributed by atoms with Gasteiger partial charge in [-0.3, -0.25) is 14.6 Å². The molecule has 1 aromatic rings. The van der Waals surface area contributed by atoms with Crippen LogP contribution in [0, 0.1) is 6.92 Å². The molecule has 0 aliphatic heterocycles. The van der Waals surface area contributed by atoms with E-state index >= 15 is 0 Å². The van der Waals surface area contributed by atoms with Gasteiger partial charge in [-0.15, -0.1) is 0 Å². The van der Waals surface area contributed by atoms with Crippen LogP contribution in [-0.4, -0.2) is 12.3 Å². The summed E-state index contributed by atoms with van der Waals surface area (Å²) in [6, 6.07) is 5.06. The molecule has 74 valence electrons. The summed E-state index contributed by atoms with van der Waals surface area (Å²) in [6.45, 7) is 2.98. The summed E-state index contributed by atoms with van der Waals surface area (Å²) in [5, 5.41) is 0. The van der Waals surface area contributed by atoms with Gasteiger partial charge >= 0.3 is 5.97 Å². The molecule has 0 fully saturated rings. The lowest BCUT2D eigenvalue weighted by Crippen LogP contribution is -2.05. The molecule has 0 amide bonds. The first kappa shape index (κ1) is 10.2. The van der Waals surface area contributed by atoms with Gasteiger partial charge in [0.05, 0.1) is 5.56 Å². The monoisotopic (exact) mass is 194 g/mol. The van der Waals surface area contributed by atoms with Crippen LogP contribution in [-0.2, 0) is 9.68 Å². The second-order valence-electron chi connectivity index (χ2n) is 2.77.